The molecule has 90 valence electrons. The van der Waals surface area contributed by atoms with Crippen LogP contribution < -0.4 is 5.32 Å². The Morgan fingerprint density at radius 1 is 1.24 bits per heavy atom. The van der Waals surface area contributed by atoms with E-state index in [1.165, 1.54) is 0 Å². The van der Waals surface area contributed by atoms with Crippen molar-refractivity contribution in [3.63, 3.8) is 0 Å². The van der Waals surface area contributed by atoms with Gasteiger partial charge >= 0.3 is 0 Å². The van der Waals surface area contributed by atoms with E-state index in [0.717, 1.165) is 23.1 Å². The smallest absolute Gasteiger partial charge is 0.0722 e. The summed E-state index contributed by atoms with van der Waals surface area (Å²) in [7, 11) is 0. The van der Waals surface area contributed by atoms with Crippen LogP contribution in [0.25, 0.3) is 10.9 Å². The van der Waals surface area contributed by atoms with E-state index in [1.54, 1.807) is 0 Å². The van der Waals surface area contributed by atoms with Crippen LogP contribution in [0.5, 0.6) is 0 Å². The van der Waals surface area contributed by atoms with Gasteiger partial charge in [0, 0.05) is 23.8 Å². The first-order valence-electron chi connectivity index (χ1n) is 5.90. The number of benzene rings is 1. The molecule has 1 atom stereocenters. The van der Waals surface area contributed by atoms with Crippen LogP contribution in [0.1, 0.15) is 13.8 Å². The van der Waals surface area contributed by atoms with Crippen molar-refractivity contribution in [3.8, 4) is 0 Å². The number of nitrogens with zero attached hydrogens (tertiary/aromatic N) is 1. The number of rotatable bonds is 4. The van der Waals surface area contributed by atoms with E-state index >= 15 is 0 Å². The molecule has 0 amide bonds. The molecule has 0 fully saturated rings. The van der Waals surface area contributed by atoms with Gasteiger partial charge in [-0.1, -0.05) is 32.0 Å². The number of aromatic nitrogens is 1. The van der Waals surface area contributed by atoms with E-state index < -0.39 is 0 Å². The highest BCUT2D eigenvalue weighted by molar-refractivity contribution is 6.21. The molecule has 1 N–H and O–H groups in total. The van der Waals surface area contributed by atoms with Crippen LogP contribution in [0, 0.1) is 5.92 Å². The molecular weight excluding hydrogens is 232 g/mol. The zero-order chi connectivity index (χ0) is 12.3. The Hall–Kier alpha value is -1.28. The average Bonchev–Trinajstić information content (AvgIpc) is 2.35. The van der Waals surface area contributed by atoms with E-state index in [9.17, 15) is 0 Å². The van der Waals surface area contributed by atoms with E-state index in [0.29, 0.717) is 5.92 Å². The van der Waals surface area contributed by atoms with Crippen molar-refractivity contribution in [2.45, 2.75) is 19.2 Å². The van der Waals surface area contributed by atoms with Crippen LogP contribution in [0.4, 0.5) is 5.69 Å². The molecule has 1 unspecified atom stereocenters. The molecule has 0 aliphatic heterocycles. The molecule has 0 radical (unpaired) electrons. The lowest BCUT2D eigenvalue weighted by atomic mass is 10.1. The average molecular weight is 249 g/mol. The van der Waals surface area contributed by atoms with Crippen LogP contribution >= 0.6 is 11.6 Å². The Morgan fingerprint density at radius 2 is 2.00 bits per heavy atom. The van der Waals surface area contributed by atoms with Crippen molar-refractivity contribution < 1.29 is 0 Å². The molecule has 2 rings (SSSR count). The van der Waals surface area contributed by atoms with Gasteiger partial charge in [0.25, 0.3) is 0 Å². The maximum absolute atomic E-state index is 6.24. The van der Waals surface area contributed by atoms with Gasteiger partial charge < -0.3 is 5.32 Å². The summed E-state index contributed by atoms with van der Waals surface area (Å²) in [6.45, 7) is 5.03. The minimum absolute atomic E-state index is 0.141. The lowest BCUT2D eigenvalue weighted by molar-refractivity contribution is 0.616. The monoisotopic (exact) mass is 248 g/mol. The van der Waals surface area contributed by atoms with E-state index in [-0.39, 0.29) is 5.38 Å². The van der Waals surface area contributed by atoms with Crippen LogP contribution in [0.3, 0.4) is 0 Å². The zero-order valence-electron chi connectivity index (χ0n) is 10.2. The fourth-order valence-corrected chi connectivity index (χ4v) is 1.77. The normalized spacial score (nSPS) is 12.9. The Labute approximate surface area is 107 Å². The third-order valence-corrected chi connectivity index (χ3v) is 3.52. The van der Waals surface area contributed by atoms with Crippen molar-refractivity contribution in [2.75, 3.05) is 11.9 Å². The second-order valence-corrected chi connectivity index (χ2v) is 5.08. The van der Waals surface area contributed by atoms with Crippen LogP contribution in [-0.2, 0) is 0 Å². The summed E-state index contributed by atoms with van der Waals surface area (Å²) in [6.07, 6.45) is 1.82. The first-order chi connectivity index (χ1) is 8.18. The highest BCUT2D eigenvalue weighted by atomic mass is 35.5. The first-order valence-corrected chi connectivity index (χ1v) is 6.34. The van der Waals surface area contributed by atoms with Crippen LogP contribution in [0.15, 0.2) is 36.5 Å². The zero-order valence-corrected chi connectivity index (χ0v) is 10.9. The van der Waals surface area contributed by atoms with Crippen LogP contribution in [0.2, 0.25) is 0 Å². The Bertz CT molecular complexity index is 491. The summed E-state index contributed by atoms with van der Waals surface area (Å²) >= 11 is 6.24. The molecule has 17 heavy (non-hydrogen) atoms. The van der Waals surface area contributed by atoms with Crippen molar-refractivity contribution >= 4 is 28.2 Å². The fraction of sp³-hybridized carbons (Fsp3) is 0.357. The molecule has 0 saturated heterocycles. The van der Waals surface area contributed by atoms with Gasteiger partial charge in [0.05, 0.1) is 10.9 Å². The number of hydrogen-bond acceptors (Lipinski definition) is 2. The van der Waals surface area contributed by atoms with Crippen molar-refractivity contribution in [1.82, 2.24) is 4.98 Å². The predicted octanol–water partition coefficient (Wildman–Crippen LogP) is 3.91. The predicted molar refractivity (Wildman–Crippen MR) is 74.7 cm³/mol. The Balaban J connectivity index is 2.19. The number of halogens is 1. The topological polar surface area (TPSA) is 24.9 Å². The molecule has 2 nitrogen and oxygen atoms in total. The highest BCUT2D eigenvalue weighted by Gasteiger charge is 2.09. The van der Waals surface area contributed by atoms with Crippen molar-refractivity contribution in [2.24, 2.45) is 5.92 Å². The Kier molecular flexibility index (Phi) is 3.85. The summed E-state index contributed by atoms with van der Waals surface area (Å²) in [5.74, 6) is 0.470. The van der Waals surface area contributed by atoms with Crippen molar-refractivity contribution in [3.05, 3.63) is 36.5 Å². The number of alkyl halides is 1. The van der Waals surface area contributed by atoms with Gasteiger partial charge in [0.1, 0.15) is 0 Å². The quantitative estimate of drug-likeness (QED) is 0.830. The summed E-state index contributed by atoms with van der Waals surface area (Å²) in [4.78, 5) is 4.33. The maximum atomic E-state index is 6.24. The summed E-state index contributed by atoms with van der Waals surface area (Å²) in [6, 6.07) is 10.1. The molecule has 0 bridgehead atoms. The first kappa shape index (κ1) is 12.2. The second kappa shape index (κ2) is 5.37. The molecule has 1 aromatic carbocycles. The van der Waals surface area contributed by atoms with Gasteiger partial charge in [0.2, 0.25) is 0 Å². The maximum Gasteiger partial charge on any atom is 0.0722 e. The summed E-state index contributed by atoms with van der Waals surface area (Å²) in [5, 5.41) is 4.68. The van der Waals surface area contributed by atoms with Gasteiger partial charge in [-0.25, -0.2) is 0 Å². The minimum Gasteiger partial charge on any atom is -0.383 e. The molecule has 2 aromatic rings. The molecule has 0 aliphatic rings. The van der Waals surface area contributed by atoms with Gasteiger partial charge in [-0.2, -0.15) is 0 Å². The molecule has 0 spiro atoms. The molecule has 0 saturated carbocycles. The lowest BCUT2D eigenvalue weighted by Gasteiger charge is -2.15. The molecule has 1 aromatic heterocycles. The second-order valence-electron chi connectivity index (χ2n) is 4.52. The summed E-state index contributed by atoms with van der Waals surface area (Å²) in [5.41, 5.74) is 2.11. The third kappa shape index (κ3) is 2.89. The SMILES string of the molecule is CC(C)C(Cl)CNc1ccnc2ccccc12. The summed E-state index contributed by atoms with van der Waals surface area (Å²) < 4.78 is 0. The van der Waals surface area contributed by atoms with Gasteiger partial charge in [-0.15, -0.1) is 11.6 Å². The molecule has 1 heterocycles. The van der Waals surface area contributed by atoms with Gasteiger partial charge in [-0.3, -0.25) is 4.98 Å². The fourth-order valence-electron chi connectivity index (χ4n) is 1.69. The van der Waals surface area contributed by atoms with E-state index in [4.69, 9.17) is 11.6 Å². The van der Waals surface area contributed by atoms with Gasteiger partial charge in [0.15, 0.2) is 0 Å². The number of anilines is 1. The number of para-hydroxylation sites is 1. The standard InChI is InChI=1S/C14H17ClN2/c1-10(2)12(15)9-17-14-7-8-16-13-6-4-3-5-11(13)14/h3-8,10,12H,9H2,1-2H3,(H,16,17). The number of nitrogens with one attached hydrogen (secondary N) is 1. The van der Waals surface area contributed by atoms with E-state index in [1.807, 2.05) is 30.5 Å². The molecular formula is C14H17ClN2. The number of fused-ring (bicyclic) bond motifs is 1. The third-order valence-electron chi connectivity index (χ3n) is 2.86. The van der Waals surface area contributed by atoms with Crippen LogP contribution in [-0.4, -0.2) is 16.9 Å². The highest BCUT2D eigenvalue weighted by Crippen LogP contribution is 2.21. The van der Waals surface area contributed by atoms with E-state index in [2.05, 4.69) is 30.2 Å². The Morgan fingerprint density at radius 3 is 2.76 bits per heavy atom. The van der Waals surface area contributed by atoms with Crippen molar-refractivity contribution in [1.29, 1.82) is 0 Å². The number of hydrogen-bond donors (Lipinski definition) is 1. The largest absolute Gasteiger partial charge is 0.383 e. The lowest BCUT2D eigenvalue weighted by Crippen LogP contribution is -2.19. The molecule has 0 aliphatic carbocycles. The number of pyridine rings is 1. The van der Waals surface area contributed by atoms with Gasteiger partial charge in [-0.05, 0) is 18.1 Å². The minimum atomic E-state index is 0.141. The molecule has 3 heteroatoms.